The van der Waals surface area contributed by atoms with Crippen LogP contribution in [0.5, 0.6) is 11.5 Å². The van der Waals surface area contributed by atoms with Gasteiger partial charge in [-0.05, 0) is 24.3 Å². The third-order valence-corrected chi connectivity index (χ3v) is 5.40. The average Bonchev–Trinajstić information content (AvgIpc) is 3.09. The highest BCUT2D eigenvalue weighted by Gasteiger charge is 2.14. The van der Waals surface area contributed by atoms with Crippen LogP contribution in [0.15, 0.2) is 52.7 Å². The summed E-state index contributed by atoms with van der Waals surface area (Å²) >= 11 is 2.98. The van der Waals surface area contributed by atoms with Crippen molar-refractivity contribution >= 4 is 23.1 Å². The zero-order chi connectivity index (χ0) is 16.9. The molecule has 3 aromatic rings. The topological polar surface area (TPSA) is 31.4 Å². The smallest absolute Gasteiger partial charge is 0.170 e. The number of thiazole rings is 1. The summed E-state index contributed by atoms with van der Waals surface area (Å²) in [5.41, 5.74) is 1.80. The van der Waals surface area contributed by atoms with Crippen molar-refractivity contribution in [3.63, 3.8) is 0 Å². The lowest BCUT2D eigenvalue weighted by Crippen LogP contribution is -1.93. The highest BCUT2D eigenvalue weighted by atomic mass is 32.2. The van der Waals surface area contributed by atoms with Crippen molar-refractivity contribution in [1.29, 1.82) is 0 Å². The molecular formula is C18H16FNO2S2. The molecule has 3 nitrogen and oxygen atoms in total. The Hall–Kier alpha value is -2.05. The molecule has 1 aromatic heterocycles. The minimum atomic E-state index is -0.201. The van der Waals surface area contributed by atoms with Crippen molar-refractivity contribution in [2.75, 3.05) is 14.2 Å². The van der Waals surface area contributed by atoms with Gasteiger partial charge in [-0.2, -0.15) is 0 Å². The summed E-state index contributed by atoms with van der Waals surface area (Å²) in [5.74, 6) is 1.76. The summed E-state index contributed by atoms with van der Waals surface area (Å²) in [5, 5.41) is 2.84. The zero-order valence-electron chi connectivity index (χ0n) is 13.3. The fourth-order valence-electron chi connectivity index (χ4n) is 2.27. The average molecular weight is 361 g/mol. The number of methoxy groups -OCH3 is 2. The minimum Gasteiger partial charge on any atom is -0.493 e. The molecule has 6 heteroatoms. The molecule has 0 bridgehead atoms. The van der Waals surface area contributed by atoms with Gasteiger partial charge in [0.1, 0.15) is 10.8 Å². The van der Waals surface area contributed by atoms with Crippen LogP contribution in [-0.2, 0) is 5.75 Å². The van der Waals surface area contributed by atoms with Crippen molar-refractivity contribution in [2.45, 2.75) is 10.6 Å². The molecule has 3 rings (SSSR count). The fourth-order valence-corrected chi connectivity index (χ4v) is 4.04. The molecule has 0 fully saturated rings. The number of halogens is 1. The van der Waals surface area contributed by atoms with Gasteiger partial charge in [-0.15, -0.1) is 23.1 Å². The second-order valence-electron chi connectivity index (χ2n) is 4.90. The van der Waals surface area contributed by atoms with Crippen LogP contribution >= 0.6 is 23.1 Å². The number of para-hydroxylation sites is 1. The highest BCUT2D eigenvalue weighted by molar-refractivity contribution is 7.98. The van der Waals surface area contributed by atoms with Crippen LogP contribution < -0.4 is 9.47 Å². The lowest BCUT2D eigenvalue weighted by Gasteiger charge is -2.10. The molecule has 24 heavy (non-hydrogen) atoms. The van der Waals surface area contributed by atoms with Crippen molar-refractivity contribution in [2.24, 2.45) is 0 Å². The highest BCUT2D eigenvalue weighted by Crippen LogP contribution is 2.39. The van der Waals surface area contributed by atoms with Crippen LogP contribution in [0.4, 0.5) is 4.39 Å². The molecule has 0 amide bonds. The van der Waals surface area contributed by atoms with Crippen molar-refractivity contribution < 1.29 is 13.9 Å². The van der Waals surface area contributed by atoms with Gasteiger partial charge in [-0.1, -0.05) is 18.2 Å². The summed E-state index contributed by atoms with van der Waals surface area (Å²) in [6.07, 6.45) is 0. The number of benzene rings is 2. The molecule has 0 atom stereocenters. The Morgan fingerprint density at radius 1 is 1.08 bits per heavy atom. The van der Waals surface area contributed by atoms with Gasteiger partial charge in [0.05, 0.1) is 25.5 Å². The molecule has 0 saturated heterocycles. The number of hydrogen-bond donors (Lipinski definition) is 0. The van der Waals surface area contributed by atoms with E-state index in [0.29, 0.717) is 22.1 Å². The van der Waals surface area contributed by atoms with E-state index < -0.39 is 0 Å². The van der Waals surface area contributed by atoms with E-state index in [0.717, 1.165) is 16.3 Å². The summed E-state index contributed by atoms with van der Waals surface area (Å²) in [6.45, 7) is 0. The number of aromatic nitrogens is 1. The molecule has 0 aliphatic carbocycles. The zero-order valence-corrected chi connectivity index (χ0v) is 14.9. The van der Waals surface area contributed by atoms with E-state index >= 15 is 0 Å². The normalized spacial score (nSPS) is 10.6. The predicted molar refractivity (Wildman–Crippen MR) is 96.6 cm³/mol. The summed E-state index contributed by atoms with van der Waals surface area (Å²) < 4.78 is 24.5. The molecule has 0 unspecified atom stereocenters. The maximum Gasteiger partial charge on any atom is 0.170 e. The van der Waals surface area contributed by atoms with Crippen molar-refractivity contribution in [3.05, 3.63) is 59.4 Å². The summed E-state index contributed by atoms with van der Waals surface area (Å²) in [7, 11) is 3.23. The van der Waals surface area contributed by atoms with E-state index in [4.69, 9.17) is 9.47 Å². The Bertz CT molecular complexity index is 835. The van der Waals surface area contributed by atoms with Crippen LogP contribution in [0.25, 0.3) is 10.6 Å². The van der Waals surface area contributed by atoms with E-state index in [1.807, 2.05) is 29.6 Å². The number of ether oxygens (including phenoxy) is 2. The number of nitrogens with zero attached hydrogens (tertiary/aromatic N) is 1. The van der Waals surface area contributed by atoms with E-state index in [2.05, 4.69) is 4.98 Å². The van der Waals surface area contributed by atoms with Gasteiger partial charge in [0.15, 0.2) is 11.5 Å². The molecule has 124 valence electrons. The van der Waals surface area contributed by atoms with Crippen LogP contribution in [-0.4, -0.2) is 19.2 Å². The summed E-state index contributed by atoms with van der Waals surface area (Å²) in [6, 6.07) is 12.5. The monoisotopic (exact) mass is 361 g/mol. The Labute approximate surface area is 148 Å². The van der Waals surface area contributed by atoms with Crippen LogP contribution in [0, 0.1) is 5.82 Å². The largest absolute Gasteiger partial charge is 0.493 e. The molecule has 1 heterocycles. The van der Waals surface area contributed by atoms with Gasteiger partial charge in [0.25, 0.3) is 0 Å². The first-order valence-electron chi connectivity index (χ1n) is 7.26. The van der Waals surface area contributed by atoms with Crippen LogP contribution in [0.2, 0.25) is 0 Å². The van der Waals surface area contributed by atoms with E-state index in [9.17, 15) is 4.39 Å². The SMILES string of the molecule is COc1cccc(-c2nc(CSc3ccccc3F)cs2)c1OC. The third kappa shape index (κ3) is 3.55. The van der Waals surface area contributed by atoms with Gasteiger partial charge in [0, 0.05) is 16.0 Å². The molecule has 0 saturated carbocycles. The van der Waals surface area contributed by atoms with Crippen LogP contribution in [0.3, 0.4) is 0 Å². The number of thioether (sulfide) groups is 1. The molecule has 0 spiro atoms. The summed E-state index contributed by atoms with van der Waals surface area (Å²) in [4.78, 5) is 5.28. The number of rotatable bonds is 6. The van der Waals surface area contributed by atoms with Crippen molar-refractivity contribution in [3.8, 4) is 22.1 Å². The van der Waals surface area contributed by atoms with Gasteiger partial charge in [-0.25, -0.2) is 9.37 Å². The molecule has 0 radical (unpaired) electrons. The molecular weight excluding hydrogens is 345 g/mol. The first kappa shape index (κ1) is 16.8. The standard InChI is InChI=1S/C18H16FNO2S2/c1-21-15-8-5-6-13(17(15)22-2)18-20-12(11-24-18)10-23-16-9-4-3-7-14(16)19/h3-9,11H,10H2,1-2H3. The van der Waals surface area contributed by atoms with Gasteiger partial charge in [0.2, 0.25) is 0 Å². The molecule has 0 aliphatic rings. The Morgan fingerprint density at radius 2 is 1.92 bits per heavy atom. The third-order valence-electron chi connectivity index (χ3n) is 3.40. The molecule has 0 aliphatic heterocycles. The van der Waals surface area contributed by atoms with Gasteiger partial charge in [-0.3, -0.25) is 0 Å². The maximum absolute atomic E-state index is 13.7. The second-order valence-corrected chi connectivity index (χ2v) is 6.78. The first-order valence-corrected chi connectivity index (χ1v) is 9.12. The van der Waals surface area contributed by atoms with Crippen LogP contribution in [0.1, 0.15) is 5.69 Å². The Kier molecular flexibility index (Phi) is 5.37. The van der Waals surface area contributed by atoms with E-state index in [1.165, 1.54) is 29.2 Å². The van der Waals surface area contributed by atoms with E-state index in [-0.39, 0.29) is 5.82 Å². The maximum atomic E-state index is 13.7. The predicted octanol–water partition coefficient (Wildman–Crippen LogP) is 5.26. The lowest BCUT2D eigenvalue weighted by molar-refractivity contribution is 0.356. The van der Waals surface area contributed by atoms with Crippen molar-refractivity contribution in [1.82, 2.24) is 4.98 Å². The second kappa shape index (κ2) is 7.68. The first-order chi connectivity index (χ1) is 11.7. The molecule has 0 N–H and O–H groups in total. The Balaban J connectivity index is 1.80. The number of hydrogen-bond acceptors (Lipinski definition) is 5. The lowest BCUT2D eigenvalue weighted by atomic mass is 10.2. The minimum absolute atomic E-state index is 0.201. The quantitative estimate of drug-likeness (QED) is 0.561. The van der Waals surface area contributed by atoms with E-state index in [1.54, 1.807) is 26.4 Å². The fraction of sp³-hybridized carbons (Fsp3) is 0.167. The molecule has 2 aromatic carbocycles. The van der Waals surface area contributed by atoms with Gasteiger partial charge < -0.3 is 9.47 Å². The Morgan fingerprint density at radius 3 is 2.67 bits per heavy atom. The van der Waals surface area contributed by atoms with Gasteiger partial charge >= 0.3 is 0 Å².